The van der Waals surface area contributed by atoms with Gasteiger partial charge in [-0.25, -0.2) is 0 Å². The highest BCUT2D eigenvalue weighted by Crippen LogP contribution is 2.24. The molecule has 3 nitrogen and oxygen atoms in total. The predicted octanol–water partition coefficient (Wildman–Crippen LogP) is 9.35. The van der Waals surface area contributed by atoms with E-state index in [2.05, 4.69) is 83.5 Å². The van der Waals surface area contributed by atoms with Crippen LogP contribution in [0.3, 0.4) is 0 Å². The van der Waals surface area contributed by atoms with Crippen molar-refractivity contribution in [3.05, 3.63) is 76.3 Å². The summed E-state index contributed by atoms with van der Waals surface area (Å²) in [5.41, 5.74) is 3.74. The molecule has 0 aromatic heterocycles. The maximum Gasteiger partial charge on any atom is 0.179 e. The summed E-state index contributed by atoms with van der Waals surface area (Å²) >= 11 is 11.6. The SMILES string of the molecule is C=C(c1ccc(Cl)cc1)C(CC)N(CC)CC.CCC(CC)N(C)C#N.CCCc1ccc(Cl)cc1. The summed E-state index contributed by atoms with van der Waals surface area (Å²) in [4.78, 5) is 4.15. The molecule has 0 fully saturated rings. The van der Waals surface area contributed by atoms with Crippen LogP contribution < -0.4 is 0 Å². The van der Waals surface area contributed by atoms with E-state index in [1.807, 2.05) is 31.3 Å². The van der Waals surface area contributed by atoms with E-state index in [0.717, 1.165) is 48.8 Å². The molecular formula is C31H47Cl2N3. The molecule has 2 rings (SSSR count). The Hall–Kier alpha value is -1.99. The molecule has 5 heteroatoms. The van der Waals surface area contributed by atoms with Gasteiger partial charge in [0.25, 0.3) is 0 Å². The summed E-state index contributed by atoms with van der Waals surface area (Å²) in [5.74, 6) is 0. The Morgan fingerprint density at radius 2 is 1.31 bits per heavy atom. The second kappa shape index (κ2) is 20.1. The zero-order valence-electron chi connectivity index (χ0n) is 23.5. The van der Waals surface area contributed by atoms with Gasteiger partial charge in [0, 0.05) is 29.2 Å². The smallest absolute Gasteiger partial charge is 0.179 e. The quantitative estimate of drug-likeness (QED) is 0.213. The van der Waals surface area contributed by atoms with Gasteiger partial charge >= 0.3 is 0 Å². The molecule has 0 aliphatic rings. The highest BCUT2D eigenvalue weighted by molar-refractivity contribution is 6.30. The third-order valence-corrected chi connectivity index (χ3v) is 6.86. The minimum absolute atomic E-state index is 0.422. The van der Waals surface area contributed by atoms with Crippen LogP contribution in [0.15, 0.2) is 55.1 Å². The lowest BCUT2D eigenvalue weighted by atomic mass is 9.97. The van der Waals surface area contributed by atoms with Crippen LogP contribution in [0.4, 0.5) is 0 Å². The van der Waals surface area contributed by atoms with Gasteiger partial charge in [-0.15, -0.1) is 0 Å². The van der Waals surface area contributed by atoms with Crippen LogP contribution in [0.5, 0.6) is 0 Å². The van der Waals surface area contributed by atoms with Crippen molar-refractivity contribution in [3.8, 4) is 6.19 Å². The zero-order valence-corrected chi connectivity index (χ0v) is 25.0. The number of likely N-dealkylation sites (N-methyl/N-ethyl adjacent to an activating group) is 1. The topological polar surface area (TPSA) is 30.3 Å². The molecule has 1 unspecified atom stereocenters. The molecule has 0 saturated heterocycles. The minimum atomic E-state index is 0.422. The molecule has 0 aliphatic heterocycles. The Kier molecular flexibility index (Phi) is 19.0. The number of halogens is 2. The lowest BCUT2D eigenvalue weighted by Gasteiger charge is -2.30. The molecule has 0 spiro atoms. The van der Waals surface area contributed by atoms with Crippen LogP contribution in [0.2, 0.25) is 10.0 Å². The summed E-state index contributed by atoms with van der Waals surface area (Å²) in [6.45, 7) is 19.3. The first-order valence-electron chi connectivity index (χ1n) is 13.3. The van der Waals surface area contributed by atoms with Gasteiger partial charge in [0.05, 0.1) is 0 Å². The number of hydrogen-bond donors (Lipinski definition) is 0. The van der Waals surface area contributed by atoms with Gasteiger partial charge in [-0.05, 0) is 79.7 Å². The van der Waals surface area contributed by atoms with Crippen molar-refractivity contribution in [1.82, 2.24) is 9.80 Å². The van der Waals surface area contributed by atoms with E-state index in [1.54, 1.807) is 4.90 Å². The Morgan fingerprint density at radius 3 is 1.64 bits per heavy atom. The van der Waals surface area contributed by atoms with Crippen molar-refractivity contribution in [2.75, 3.05) is 20.1 Å². The highest BCUT2D eigenvalue weighted by atomic mass is 35.5. The molecule has 2 aromatic rings. The molecule has 0 bridgehead atoms. The largest absolute Gasteiger partial charge is 0.311 e. The fourth-order valence-electron chi connectivity index (χ4n) is 4.10. The molecule has 0 radical (unpaired) electrons. The Balaban J connectivity index is 0.000000551. The van der Waals surface area contributed by atoms with Gasteiger partial charge in [0.1, 0.15) is 0 Å². The normalized spacial score (nSPS) is 11.1. The molecular weight excluding hydrogens is 485 g/mol. The molecule has 1 atom stereocenters. The summed E-state index contributed by atoms with van der Waals surface area (Å²) in [6.07, 6.45) is 7.64. The number of benzene rings is 2. The van der Waals surface area contributed by atoms with E-state index in [0.29, 0.717) is 12.1 Å². The monoisotopic (exact) mass is 531 g/mol. The maximum absolute atomic E-state index is 8.44. The van der Waals surface area contributed by atoms with Crippen LogP contribution in [-0.2, 0) is 6.42 Å². The van der Waals surface area contributed by atoms with E-state index < -0.39 is 0 Å². The summed E-state index contributed by atoms with van der Waals surface area (Å²) < 4.78 is 0. The lowest BCUT2D eigenvalue weighted by Crippen LogP contribution is -2.35. The molecule has 0 aliphatic carbocycles. The van der Waals surface area contributed by atoms with Crippen molar-refractivity contribution in [2.24, 2.45) is 0 Å². The minimum Gasteiger partial charge on any atom is -0.311 e. The molecule has 200 valence electrons. The van der Waals surface area contributed by atoms with Crippen LogP contribution in [0, 0.1) is 11.5 Å². The van der Waals surface area contributed by atoms with Crippen LogP contribution >= 0.6 is 23.2 Å². The van der Waals surface area contributed by atoms with Crippen molar-refractivity contribution in [1.29, 1.82) is 5.26 Å². The van der Waals surface area contributed by atoms with Gasteiger partial charge in [0.15, 0.2) is 6.19 Å². The van der Waals surface area contributed by atoms with E-state index in [1.165, 1.54) is 23.1 Å². The number of nitriles is 1. The van der Waals surface area contributed by atoms with Gasteiger partial charge < -0.3 is 4.90 Å². The predicted molar refractivity (Wildman–Crippen MR) is 161 cm³/mol. The number of aryl methyl sites for hydroxylation is 1. The average Bonchev–Trinajstić information content (AvgIpc) is 2.90. The average molecular weight is 533 g/mol. The van der Waals surface area contributed by atoms with Crippen LogP contribution in [-0.4, -0.2) is 42.0 Å². The van der Waals surface area contributed by atoms with Crippen LogP contribution in [0.25, 0.3) is 5.57 Å². The second-order valence-corrected chi connectivity index (χ2v) is 9.61. The third kappa shape index (κ3) is 12.8. The zero-order chi connectivity index (χ0) is 27.5. The number of rotatable bonds is 11. The Labute approximate surface area is 231 Å². The van der Waals surface area contributed by atoms with Gasteiger partial charge in [0.2, 0.25) is 0 Å². The van der Waals surface area contributed by atoms with Crippen molar-refractivity contribution in [2.45, 2.75) is 85.7 Å². The molecule has 36 heavy (non-hydrogen) atoms. The summed E-state index contributed by atoms with van der Waals surface area (Å²) in [7, 11) is 1.83. The van der Waals surface area contributed by atoms with E-state index in [9.17, 15) is 0 Å². The number of hydrogen-bond acceptors (Lipinski definition) is 3. The fourth-order valence-corrected chi connectivity index (χ4v) is 4.36. The molecule has 2 aromatic carbocycles. The first-order chi connectivity index (χ1) is 17.2. The van der Waals surface area contributed by atoms with Crippen molar-refractivity contribution < 1.29 is 0 Å². The fraction of sp³-hybridized carbons (Fsp3) is 0.516. The highest BCUT2D eigenvalue weighted by Gasteiger charge is 2.17. The summed E-state index contributed by atoms with van der Waals surface area (Å²) in [5, 5.41) is 10.0. The van der Waals surface area contributed by atoms with Gasteiger partial charge in [-0.1, -0.05) is 102 Å². The summed E-state index contributed by atoms with van der Waals surface area (Å²) in [6, 6.07) is 16.8. The molecule has 0 amide bonds. The molecule has 0 heterocycles. The third-order valence-electron chi connectivity index (χ3n) is 6.36. The second-order valence-electron chi connectivity index (χ2n) is 8.74. The molecule has 0 N–H and O–H groups in total. The van der Waals surface area contributed by atoms with E-state index >= 15 is 0 Å². The first-order valence-corrected chi connectivity index (χ1v) is 14.0. The lowest BCUT2D eigenvalue weighted by molar-refractivity contribution is 0.256. The van der Waals surface area contributed by atoms with Gasteiger partial charge in [-0.2, -0.15) is 5.26 Å². The van der Waals surface area contributed by atoms with Crippen molar-refractivity contribution >= 4 is 28.8 Å². The van der Waals surface area contributed by atoms with Crippen LogP contribution in [0.1, 0.15) is 78.4 Å². The Bertz CT molecular complexity index is 864. The van der Waals surface area contributed by atoms with Crippen molar-refractivity contribution in [3.63, 3.8) is 0 Å². The van der Waals surface area contributed by atoms with E-state index in [-0.39, 0.29) is 0 Å². The molecule has 0 saturated carbocycles. The maximum atomic E-state index is 8.44. The Morgan fingerprint density at radius 1 is 0.833 bits per heavy atom. The van der Waals surface area contributed by atoms with Gasteiger partial charge in [-0.3, -0.25) is 4.90 Å². The van der Waals surface area contributed by atoms with E-state index in [4.69, 9.17) is 28.5 Å². The number of nitrogens with zero attached hydrogens (tertiary/aromatic N) is 3. The standard InChI is InChI=1S/C15H22ClN.C9H11Cl.C7H14N2/c1-5-15(17(6-2)7-3)12(4)13-8-10-14(16)11-9-13;1-2-3-8-4-6-9(10)7-5-8;1-4-7(5-2)9(3)6-8/h8-11,15H,4-7H2,1-3H3;4-7H,2-3H2,1H3;7H,4-5H2,1-3H3. The first kappa shape index (κ1) is 34.0.